The maximum absolute atomic E-state index is 10.8. The number of nitrogens with two attached hydrogens (primary N) is 1. The van der Waals surface area contributed by atoms with Gasteiger partial charge in [-0.25, -0.2) is 8.42 Å². The molecule has 9 nitrogen and oxygen atoms in total. The lowest BCUT2D eigenvalue weighted by molar-refractivity contribution is 0.188. The van der Waals surface area contributed by atoms with E-state index >= 15 is 0 Å². The van der Waals surface area contributed by atoms with Gasteiger partial charge in [-0.05, 0) is 13.8 Å². The van der Waals surface area contributed by atoms with Crippen molar-refractivity contribution >= 4 is 25.6 Å². The summed E-state index contributed by atoms with van der Waals surface area (Å²) < 4.78 is 24.5. The van der Waals surface area contributed by atoms with Crippen LogP contribution in [0, 0.1) is 0 Å². The maximum atomic E-state index is 10.8. The average Bonchev–Trinajstić information content (AvgIpc) is 2.92. The van der Waals surface area contributed by atoms with E-state index in [1.807, 2.05) is 0 Å². The van der Waals surface area contributed by atoms with Crippen LogP contribution in [-0.2, 0) is 23.1 Å². The lowest BCUT2D eigenvalue weighted by Gasteiger charge is -2.01. The standard InChI is InChI=1S/C6H9ClN2O3S.C6H11N3O/c1-4(10)5-3-6(8-9(5)2)13(7,11)12;1-4(10)5-3-6(7)8-9(5)2/h3-4,10H,1-2H3;3-4,10H,1-2H3,(H2,7,8). The Morgan fingerprint density at radius 3 is 1.74 bits per heavy atom. The molecule has 130 valence electrons. The Hall–Kier alpha value is -1.62. The maximum Gasteiger partial charge on any atom is 0.280 e. The third kappa shape index (κ3) is 5.20. The zero-order valence-electron chi connectivity index (χ0n) is 13.2. The van der Waals surface area contributed by atoms with Crippen molar-refractivity contribution < 1.29 is 18.6 Å². The van der Waals surface area contributed by atoms with E-state index in [1.54, 1.807) is 24.7 Å². The molecule has 2 heterocycles. The van der Waals surface area contributed by atoms with E-state index in [4.69, 9.17) is 21.5 Å². The quantitative estimate of drug-likeness (QED) is 0.672. The molecule has 0 aliphatic rings. The zero-order valence-corrected chi connectivity index (χ0v) is 14.7. The summed E-state index contributed by atoms with van der Waals surface area (Å²) in [6, 6.07) is 2.90. The number of nitrogen functional groups attached to an aromatic ring is 1. The molecule has 2 aromatic heterocycles. The smallest absolute Gasteiger partial charge is 0.280 e. The highest BCUT2D eigenvalue weighted by Crippen LogP contribution is 2.18. The second-order valence-electron chi connectivity index (χ2n) is 4.94. The van der Waals surface area contributed by atoms with Gasteiger partial charge in [0.05, 0.1) is 23.6 Å². The third-order valence-corrected chi connectivity index (χ3v) is 4.11. The number of aliphatic hydroxyl groups excluding tert-OH is 2. The second kappa shape index (κ2) is 7.30. The first-order valence-corrected chi connectivity index (χ1v) is 8.88. The number of halogens is 1. The van der Waals surface area contributed by atoms with Crippen molar-refractivity contribution in [2.75, 3.05) is 5.73 Å². The van der Waals surface area contributed by atoms with Gasteiger partial charge in [-0.15, -0.1) is 0 Å². The van der Waals surface area contributed by atoms with Gasteiger partial charge >= 0.3 is 0 Å². The van der Waals surface area contributed by atoms with Crippen molar-refractivity contribution in [3.63, 3.8) is 0 Å². The lowest BCUT2D eigenvalue weighted by atomic mass is 10.3. The zero-order chi connectivity index (χ0) is 17.9. The molecule has 0 fully saturated rings. The van der Waals surface area contributed by atoms with Crippen LogP contribution < -0.4 is 5.73 Å². The van der Waals surface area contributed by atoms with Crippen LogP contribution in [0.3, 0.4) is 0 Å². The predicted molar refractivity (Wildman–Crippen MR) is 85.1 cm³/mol. The molecular formula is C12H20ClN5O4S. The van der Waals surface area contributed by atoms with Crippen LogP contribution in [0.1, 0.15) is 37.4 Å². The van der Waals surface area contributed by atoms with Gasteiger partial charge in [0.25, 0.3) is 9.05 Å². The Bertz CT molecular complexity index is 767. The van der Waals surface area contributed by atoms with Crippen molar-refractivity contribution in [3.05, 3.63) is 23.5 Å². The number of nitrogens with zero attached hydrogens (tertiary/aromatic N) is 4. The number of aromatic nitrogens is 4. The summed E-state index contributed by atoms with van der Waals surface area (Å²) in [5.41, 5.74) is 6.51. The van der Waals surface area contributed by atoms with Crippen LogP contribution >= 0.6 is 10.7 Å². The first kappa shape index (κ1) is 19.4. The van der Waals surface area contributed by atoms with Crippen LogP contribution in [0.2, 0.25) is 0 Å². The second-order valence-corrected chi connectivity index (χ2v) is 7.45. The highest BCUT2D eigenvalue weighted by molar-refractivity contribution is 8.13. The number of aryl methyl sites for hydroxylation is 2. The SMILES string of the molecule is CC(O)c1cc(N)nn1C.CC(O)c1cc(S(=O)(=O)Cl)nn1C. The van der Waals surface area contributed by atoms with Crippen LogP contribution in [0.5, 0.6) is 0 Å². The van der Waals surface area contributed by atoms with Crippen molar-refractivity contribution in [1.29, 1.82) is 0 Å². The Kier molecular flexibility index (Phi) is 6.17. The van der Waals surface area contributed by atoms with Gasteiger partial charge in [0, 0.05) is 36.9 Å². The van der Waals surface area contributed by atoms with Gasteiger partial charge in [-0.2, -0.15) is 10.2 Å². The van der Waals surface area contributed by atoms with Crippen LogP contribution in [0.4, 0.5) is 5.82 Å². The summed E-state index contributed by atoms with van der Waals surface area (Å²) in [4.78, 5) is 0. The number of hydrogen-bond acceptors (Lipinski definition) is 7. The van der Waals surface area contributed by atoms with Gasteiger partial charge < -0.3 is 15.9 Å². The monoisotopic (exact) mass is 365 g/mol. The molecule has 11 heteroatoms. The van der Waals surface area contributed by atoms with E-state index in [-0.39, 0.29) is 5.03 Å². The van der Waals surface area contributed by atoms with Crippen LogP contribution in [0.15, 0.2) is 17.2 Å². The highest BCUT2D eigenvalue weighted by atomic mass is 35.7. The van der Waals surface area contributed by atoms with Crippen LogP contribution in [-0.4, -0.2) is 38.2 Å². The molecule has 0 saturated carbocycles. The molecular weight excluding hydrogens is 346 g/mol. The molecule has 0 amide bonds. The van der Waals surface area contributed by atoms with Crippen molar-refractivity contribution in [2.45, 2.75) is 31.1 Å². The topological polar surface area (TPSA) is 136 Å². The molecule has 0 aliphatic heterocycles. The highest BCUT2D eigenvalue weighted by Gasteiger charge is 2.18. The third-order valence-electron chi connectivity index (χ3n) is 2.93. The molecule has 0 bridgehead atoms. The Labute approximate surface area is 138 Å². The minimum Gasteiger partial charge on any atom is -0.387 e. The van der Waals surface area contributed by atoms with E-state index in [2.05, 4.69) is 10.2 Å². The lowest BCUT2D eigenvalue weighted by Crippen LogP contribution is -2.01. The summed E-state index contributed by atoms with van der Waals surface area (Å²) in [6.45, 7) is 3.19. The number of aliphatic hydroxyl groups is 2. The molecule has 2 unspecified atom stereocenters. The van der Waals surface area contributed by atoms with E-state index in [9.17, 15) is 13.5 Å². The largest absolute Gasteiger partial charge is 0.387 e. The summed E-state index contributed by atoms with van der Waals surface area (Å²) in [5.74, 6) is 0.443. The van der Waals surface area contributed by atoms with E-state index < -0.39 is 21.3 Å². The molecule has 2 atom stereocenters. The Balaban J connectivity index is 0.000000238. The minimum absolute atomic E-state index is 0.243. The van der Waals surface area contributed by atoms with E-state index in [0.29, 0.717) is 11.5 Å². The van der Waals surface area contributed by atoms with Crippen molar-refractivity contribution in [1.82, 2.24) is 19.6 Å². The molecule has 2 rings (SSSR count). The fraction of sp³-hybridized carbons (Fsp3) is 0.500. The first-order chi connectivity index (χ1) is 10.4. The normalized spacial score (nSPS) is 14.0. The first-order valence-electron chi connectivity index (χ1n) is 6.57. The molecule has 4 N–H and O–H groups in total. The fourth-order valence-electron chi connectivity index (χ4n) is 1.86. The number of rotatable bonds is 3. The minimum atomic E-state index is -3.81. The molecule has 0 aromatic carbocycles. The number of hydrogen-bond donors (Lipinski definition) is 3. The molecule has 2 aromatic rings. The Morgan fingerprint density at radius 2 is 1.52 bits per heavy atom. The van der Waals surface area contributed by atoms with Gasteiger partial charge in [0.1, 0.15) is 5.82 Å². The molecule has 0 aliphatic carbocycles. The van der Waals surface area contributed by atoms with Crippen LogP contribution in [0.25, 0.3) is 0 Å². The van der Waals surface area contributed by atoms with Gasteiger partial charge in [-0.3, -0.25) is 9.36 Å². The van der Waals surface area contributed by atoms with Gasteiger partial charge in [0.2, 0.25) is 0 Å². The fourth-order valence-corrected chi connectivity index (χ4v) is 2.57. The summed E-state index contributed by atoms with van der Waals surface area (Å²) in [5, 5.41) is 25.6. The summed E-state index contributed by atoms with van der Waals surface area (Å²) in [7, 11) is 4.54. The van der Waals surface area contributed by atoms with Gasteiger partial charge in [-0.1, -0.05) is 0 Å². The predicted octanol–water partition coefficient (Wildman–Crippen LogP) is 0.456. The molecule has 0 radical (unpaired) electrons. The molecule has 0 saturated heterocycles. The van der Waals surface area contributed by atoms with Crippen molar-refractivity contribution in [2.24, 2.45) is 14.1 Å². The Morgan fingerprint density at radius 1 is 1.09 bits per heavy atom. The average molecular weight is 366 g/mol. The summed E-state index contributed by atoms with van der Waals surface area (Å²) >= 11 is 0. The van der Waals surface area contributed by atoms with E-state index in [1.165, 1.54) is 24.7 Å². The molecule has 23 heavy (non-hydrogen) atoms. The molecule has 0 spiro atoms. The van der Waals surface area contributed by atoms with Gasteiger partial charge in [0.15, 0.2) is 5.03 Å². The van der Waals surface area contributed by atoms with E-state index in [0.717, 1.165) is 5.69 Å². The van der Waals surface area contributed by atoms with Crippen molar-refractivity contribution in [3.8, 4) is 0 Å². The number of anilines is 1. The summed E-state index contributed by atoms with van der Waals surface area (Å²) in [6.07, 6.45) is -1.28.